The number of hydrogen-bond donors (Lipinski definition) is 1. The van der Waals surface area contributed by atoms with Crippen LogP contribution in [0, 0.1) is 0 Å². The summed E-state index contributed by atoms with van der Waals surface area (Å²) in [7, 11) is 1.61. The van der Waals surface area contributed by atoms with E-state index in [1.807, 2.05) is 30.3 Å². The molecule has 1 saturated heterocycles. The Morgan fingerprint density at radius 2 is 2.06 bits per heavy atom. The monoisotopic (exact) mass is 234 g/mol. The highest BCUT2D eigenvalue weighted by Gasteiger charge is 2.37. The first kappa shape index (κ1) is 11.6. The molecule has 0 bridgehead atoms. The number of carbonyl (C=O) groups excluding carboxylic acids is 1. The summed E-state index contributed by atoms with van der Waals surface area (Å²) in [6.07, 6.45) is 0.327. The molecule has 1 fully saturated rings. The largest absolute Gasteiger partial charge is 0.480 e. The number of amides is 1. The van der Waals surface area contributed by atoms with Crippen LogP contribution in [0.5, 0.6) is 0 Å². The van der Waals surface area contributed by atoms with Gasteiger partial charge in [-0.25, -0.2) is 0 Å². The summed E-state index contributed by atoms with van der Waals surface area (Å²) in [4.78, 5) is 22.4. The van der Waals surface area contributed by atoms with Crippen molar-refractivity contribution in [2.45, 2.75) is 12.5 Å². The van der Waals surface area contributed by atoms with Gasteiger partial charge in [-0.3, -0.25) is 14.6 Å². The van der Waals surface area contributed by atoms with Crippen LogP contribution in [0.3, 0.4) is 0 Å². The number of carbonyl (C=O) groups is 2. The zero-order chi connectivity index (χ0) is 12.4. The topological polar surface area (TPSA) is 60.9 Å². The molecule has 17 heavy (non-hydrogen) atoms. The van der Waals surface area contributed by atoms with Crippen LogP contribution >= 0.6 is 0 Å². The quantitative estimate of drug-likeness (QED) is 0.843. The summed E-state index contributed by atoms with van der Waals surface area (Å²) in [5.74, 6) is -0.993. The fourth-order valence-electron chi connectivity index (χ4n) is 2.08. The van der Waals surface area contributed by atoms with Gasteiger partial charge in [-0.15, -0.1) is 0 Å². The van der Waals surface area contributed by atoms with Gasteiger partial charge in [-0.2, -0.15) is 5.01 Å². The molecule has 1 aliphatic rings. The second kappa shape index (κ2) is 4.55. The molecule has 0 saturated carbocycles. The van der Waals surface area contributed by atoms with E-state index in [0.29, 0.717) is 6.42 Å². The van der Waals surface area contributed by atoms with E-state index in [9.17, 15) is 9.59 Å². The molecule has 1 heterocycles. The van der Waals surface area contributed by atoms with E-state index in [1.54, 1.807) is 12.1 Å². The molecule has 0 radical (unpaired) electrons. The lowest BCUT2D eigenvalue weighted by Gasteiger charge is -2.27. The molecule has 90 valence electrons. The summed E-state index contributed by atoms with van der Waals surface area (Å²) < 4.78 is 0. The molecule has 1 amide bonds. The van der Waals surface area contributed by atoms with Crippen molar-refractivity contribution in [1.29, 1.82) is 0 Å². The summed E-state index contributed by atoms with van der Waals surface area (Å²) in [6, 6.07) is 9.31. The molecule has 1 unspecified atom stereocenters. The molecule has 5 nitrogen and oxygen atoms in total. The molecule has 1 aliphatic heterocycles. The minimum atomic E-state index is -0.938. The highest BCUT2D eigenvalue weighted by Crippen LogP contribution is 2.31. The summed E-state index contributed by atoms with van der Waals surface area (Å²) in [6.45, 7) is -0.165. The lowest BCUT2D eigenvalue weighted by atomic mass is 10.0. The van der Waals surface area contributed by atoms with Crippen molar-refractivity contribution in [3.63, 3.8) is 0 Å². The third kappa shape index (κ3) is 2.29. The second-order valence-corrected chi connectivity index (χ2v) is 4.04. The molecule has 1 aromatic carbocycles. The van der Waals surface area contributed by atoms with Gasteiger partial charge in [0.05, 0.1) is 6.04 Å². The number of hydrogen-bond acceptors (Lipinski definition) is 3. The van der Waals surface area contributed by atoms with Gasteiger partial charge >= 0.3 is 5.97 Å². The average Bonchev–Trinajstić information content (AvgIpc) is 2.58. The van der Waals surface area contributed by atoms with Gasteiger partial charge in [-0.05, 0) is 5.56 Å². The van der Waals surface area contributed by atoms with Crippen LogP contribution in [-0.2, 0) is 9.59 Å². The highest BCUT2D eigenvalue weighted by molar-refractivity contribution is 5.79. The maximum atomic E-state index is 11.6. The van der Waals surface area contributed by atoms with Crippen LogP contribution < -0.4 is 0 Å². The molecule has 0 aliphatic carbocycles. The Labute approximate surface area is 99.2 Å². The van der Waals surface area contributed by atoms with Crippen LogP contribution in [0.15, 0.2) is 30.3 Å². The lowest BCUT2D eigenvalue weighted by Crippen LogP contribution is -2.40. The molecule has 5 heteroatoms. The SMILES string of the molecule is CN1C(=O)CC(c2ccccc2)N1CC(=O)O. The number of aliphatic carboxylic acids is 1. The van der Waals surface area contributed by atoms with E-state index in [4.69, 9.17) is 5.11 Å². The normalized spacial score (nSPS) is 20.9. The van der Waals surface area contributed by atoms with Crippen molar-refractivity contribution < 1.29 is 14.7 Å². The Morgan fingerprint density at radius 3 is 2.65 bits per heavy atom. The summed E-state index contributed by atoms with van der Waals surface area (Å²) in [5.41, 5.74) is 0.964. The lowest BCUT2D eigenvalue weighted by molar-refractivity contribution is -0.147. The van der Waals surface area contributed by atoms with Gasteiger partial charge < -0.3 is 5.11 Å². The molecule has 2 rings (SSSR count). The Hall–Kier alpha value is -1.88. The molecule has 1 atom stereocenters. The maximum Gasteiger partial charge on any atom is 0.319 e. The Morgan fingerprint density at radius 1 is 1.41 bits per heavy atom. The summed E-state index contributed by atoms with van der Waals surface area (Å²) in [5, 5.41) is 11.8. The van der Waals surface area contributed by atoms with E-state index in [-0.39, 0.29) is 18.5 Å². The van der Waals surface area contributed by atoms with Gasteiger partial charge in [0.1, 0.15) is 6.54 Å². The molecular weight excluding hydrogens is 220 g/mol. The van der Waals surface area contributed by atoms with E-state index in [2.05, 4.69) is 0 Å². The van der Waals surface area contributed by atoms with Crippen LogP contribution in [0.25, 0.3) is 0 Å². The first-order chi connectivity index (χ1) is 8.09. The van der Waals surface area contributed by atoms with Gasteiger partial charge in [-0.1, -0.05) is 30.3 Å². The Kier molecular flexibility index (Phi) is 3.10. The molecule has 1 N–H and O–H groups in total. The second-order valence-electron chi connectivity index (χ2n) is 4.04. The van der Waals surface area contributed by atoms with Crippen LogP contribution in [0.1, 0.15) is 18.0 Å². The Bertz CT molecular complexity index is 433. The molecular formula is C12H14N2O3. The van der Waals surface area contributed by atoms with Gasteiger partial charge in [0.25, 0.3) is 0 Å². The van der Waals surface area contributed by atoms with Gasteiger partial charge in [0, 0.05) is 13.5 Å². The van der Waals surface area contributed by atoms with Crippen molar-refractivity contribution in [1.82, 2.24) is 10.0 Å². The van der Waals surface area contributed by atoms with Crippen LogP contribution in [0.4, 0.5) is 0 Å². The fourth-order valence-corrected chi connectivity index (χ4v) is 2.08. The number of carboxylic acid groups (broad SMARTS) is 1. The number of hydrazine groups is 1. The third-order valence-corrected chi connectivity index (χ3v) is 2.96. The minimum absolute atomic E-state index is 0.0555. The predicted molar refractivity (Wildman–Crippen MR) is 60.9 cm³/mol. The standard InChI is InChI=1S/C12H14N2O3/c1-13-11(15)7-10(14(13)8-12(16)17)9-5-3-2-4-6-9/h2-6,10H,7-8H2,1H3,(H,16,17). The number of benzene rings is 1. The molecule has 0 spiro atoms. The van der Waals surface area contributed by atoms with Crippen molar-refractivity contribution in [2.75, 3.05) is 13.6 Å². The number of carboxylic acids is 1. The van der Waals surface area contributed by atoms with Crippen molar-refractivity contribution >= 4 is 11.9 Å². The number of rotatable bonds is 3. The van der Waals surface area contributed by atoms with Gasteiger partial charge in [0.2, 0.25) is 5.91 Å². The van der Waals surface area contributed by atoms with Crippen LogP contribution in [0.2, 0.25) is 0 Å². The molecule has 1 aromatic rings. The zero-order valence-electron chi connectivity index (χ0n) is 9.54. The van der Waals surface area contributed by atoms with E-state index in [0.717, 1.165) is 5.56 Å². The first-order valence-electron chi connectivity index (χ1n) is 5.39. The van der Waals surface area contributed by atoms with Gasteiger partial charge in [0.15, 0.2) is 0 Å². The highest BCUT2D eigenvalue weighted by atomic mass is 16.4. The first-order valence-corrected chi connectivity index (χ1v) is 5.39. The maximum absolute atomic E-state index is 11.6. The Balaban J connectivity index is 2.26. The van der Waals surface area contributed by atoms with E-state index >= 15 is 0 Å². The van der Waals surface area contributed by atoms with Crippen LogP contribution in [-0.4, -0.2) is 40.6 Å². The van der Waals surface area contributed by atoms with Crippen molar-refractivity contribution in [2.24, 2.45) is 0 Å². The van der Waals surface area contributed by atoms with Crippen molar-refractivity contribution in [3.8, 4) is 0 Å². The van der Waals surface area contributed by atoms with E-state index in [1.165, 1.54) is 5.01 Å². The smallest absolute Gasteiger partial charge is 0.319 e. The third-order valence-electron chi connectivity index (χ3n) is 2.96. The predicted octanol–water partition coefficient (Wildman–Crippen LogP) is 0.891. The minimum Gasteiger partial charge on any atom is -0.480 e. The zero-order valence-corrected chi connectivity index (χ0v) is 9.54. The van der Waals surface area contributed by atoms with E-state index < -0.39 is 5.97 Å². The molecule has 0 aromatic heterocycles. The average molecular weight is 234 g/mol. The summed E-state index contributed by atoms with van der Waals surface area (Å²) >= 11 is 0. The van der Waals surface area contributed by atoms with Crippen molar-refractivity contribution in [3.05, 3.63) is 35.9 Å². The number of nitrogens with zero attached hydrogens (tertiary/aromatic N) is 2. The fraction of sp³-hybridized carbons (Fsp3) is 0.333.